The minimum atomic E-state index is -0.147. The molecule has 0 bridgehead atoms. The summed E-state index contributed by atoms with van der Waals surface area (Å²) < 4.78 is 0. The summed E-state index contributed by atoms with van der Waals surface area (Å²) in [6, 6.07) is 10.9. The highest BCUT2D eigenvalue weighted by Crippen LogP contribution is 2.38. The molecule has 0 spiro atoms. The maximum atomic E-state index is 13.5. The SMILES string of the molecule is CCN1CCCC1N(C)CC(=O)N1c2ccccc2C(=O)N(C)c2cccnc21. The highest BCUT2D eigenvalue weighted by atomic mass is 16.2. The van der Waals surface area contributed by atoms with E-state index in [-0.39, 0.29) is 24.5 Å². The molecule has 1 aromatic carbocycles. The molecule has 0 saturated carbocycles. The van der Waals surface area contributed by atoms with Gasteiger partial charge in [0, 0.05) is 13.2 Å². The Balaban J connectivity index is 1.72. The van der Waals surface area contributed by atoms with Gasteiger partial charge in [-0.2, -0.15) is 0 Å². The predicted molar refractivity (Wildman–Crippen MR) is 113 cm³/mol. The fourth-order valence-electron chi connectivity index (χ4n) is 4.39. The van der Waals surface area contributed by atoms with Crippen molar-refractivity contribution in [1.29, 1.82) is 0 Å². The van der Waals surface area contributed by atoms with Gasteiger partial charge in [-0.3, -0.25) is 24.3 Å². The zero-order chi connectivity index (χ0) is 20.5. The van der Waals surface area contributed by atoms with Crippen LogP contribution in [0.2, 0.25) is 0 Å². The number of carbonyl (C=O) groups is 2. The number of likely N-dealkylation sites (tertiary alicyclic amines) is 1. The van der Waals surface area contributed by atoms with E-state index in [1.165, 1.54) is 0 Å². The number of hydrogen-bond acceptors (Lipinski definition) is 5. The van der Waals surface area contributed by atoms with Crippen LogP contribution in [0.3, 0.4) is 0 Å². The van der Waals surface area contributed by atoms with Crippen LogP contribution < -0.4 is 9.80 Å². The number of rotatable bonds is 4. The van der Waals surface area contributed by atoms with Crippen molar-refractivity contribution in [1.82, 2.24) is 14.8 Å². The molecule has 3 heterocycles. The molecule has 2 aromatic rings. The number of benzene rings is 1. The first-order valence-electron chi connectivity index (χ1n) is 10.1. The molecule has 0 radical (unpaired) electrons. The molecule has 4 rings (SSSR count). The van der Waals surface area contributed by atoms with Gasteiger partial charge in [-0.25, -0.2) is 4.98 Å². The third kappa shape index (κ3) is 3.41. The fraction of sp³-hybridized carbons (Fsp3) is 0.409. The molecule has 1 atom stereocenters. The van der Waals surface area contributed by atoms with Crippen LogP contribution >= 0.6 is 0 Å². The van der Waals surface area contributed by atoms with Crippen molar-refractivity contribution >= 4 is 29.0 Å². The normalized spacial score (nSPS) is 19.3. The smallest absolute Gasteiger partial charge is 0.260 e. The maximum Gasteiger partial charge on any atom is 0.260 e. The van der Waals surface area contributed by atoms with E-state index in [0.29, 0.717) is 22.8 Å². The molecule has 152 valence electrons. The highest BCUT2D eigenvalue weighted by molar-refractivity contribution is 6.18. The molecule has 7 nitrogen and oxygen atoms in total. The lowest BCUT2D eigenvalue weighted by atomic mass is 10.1. The first-order valence-corrected chi connectivity index (χ1v) is 10.1. The summed E-state index contributed by atoms with van der Waals surface area (Å²) >= 11 is 0. The molecule has 0 aliphatic carbocycles. The zero-order valence-electron chi connectivity index (χ0n) is 17.2. The minimum Gasteiger partial charge on any atom is -0.308 e. The number of para-hydroxylation sites is 1. The molecule has 1 unspecified atom stereocenters. The van der Waals surface area contributed by atoms with Crippen molar-refractivity contribution < 1.29 is 9.59 Å². The molecule has 1 fully saturated rings. The summed E-state index contributed by atoms with van der Waals surface area (Å²) in [5, 5.41) is 0. The third-order valence-corrected chi connectivity index (χ3v) is 5.90. The standard InChI is InChI=1S/C22H27N5O2/c1-4-26-14-8-12-19(26)24(2)15-20(28)27-17-10-6-5-9-16(17)22(29)25(3)18-11-7-13-23-21(18)27/h5-7,9-11,13,19H,4,8,12,14-15H2,1-3H3. The van der Waals surface area contributed by atoms with E-state index in [2.05, 4.69) is 21.7 Å². The largest absolute Gasteiger partial charge is 0.308 e. The highest BCUT2D eigenvalue weighted by Gasteiger charge is 2.35. The van der Waals surface area contributed by atoms with Gasteiger partial charge in [0.15, 0.2) is 5.82 Å². The first-order chi connectivity index (χ1) is 14.0. The number of fused-ring (bicyclic) bond motifs is 2. The number of amides is 2. The molecule has 29 heavy (non-hydrogen) atoms. The summed E-state index contributed by atoms with van der Waals surface area (Å²) in [5.74, 6) is 0.253. The van der Waals surface area contributed by atoms with Gasteiger partial charge in [-0.15, -0.1) is 0 Å². The number of nitrogens with zero attached hydrogens (tertiary/aromatic N) is 5. The fourth-order valence-corrected chi connectivity index (χ4v) is 4.39. The van der Waals surface area contributed by atoms with Crippen LogP contribution in [-0.2, 0) is 4.79 Å². The van der Waals surface area contributed by atoms with Crippen LogP contribution in [0.25, 0.3) is 0 Å². The van der Waals surface area contributed by atoms with Gasteiger partial charge < -0.3 is 4.90 Å². The second-order valence-corrected chi connectivity index (χ2v) is 7.62. The Morgan fingerprint density at radius 2 is 1.97 bits per heavy atom. The van der Waals surface area contributed by atoms with Crippen LogP contribution in [0.5, 0.6) is 0 Å². The lowest BCUT2D eigenvalue weighted by molar-refractivity contribution is -0.119. The molecular weight excluding hydrogens is 366 g/mol. The van der Waals surface area contributed by atoms with Gasteiger partial charge >= 0.3 is 0 Å². The van der Waals surface area contributed by atoms with Crippen molar-refractivity contribution in [2.24, 2.45) is 0 Å². The Hall–Kier alpha value is -2.77. The predicted octanol–water partition coefficient (Wildman–Crippen LogP) is 2.71. The van der Waals surface area contributed by atoms with Gasteiger partial charge in [0.1, 0.15) is 0 Å². The molecule has 7 heteroatoms. The van der Waals surface area contributed by atoms with E-state index in [4.69, 9.17) is 0 Å². The lowest BCUT2D eigenvalue weighted by Gasteiger charge is -2.33. The summed E-state index contributed by atoms with van der Waals surface area (Å²) in [6.07, 6.45) is 4.13. The topological polar surface area (TPSA) is 60.0 Å². The van der Waals surface area contributed by atoms with E-state index in [1.807, 2.05) is 31.3 Å². The molecule has 0 N–H and O–H groups in total. The maximum absolute atomic E-state index is 13.5. The van der Waals surface area contributed by atoms with E-state index < -0.39 is 0 Å². The molecular formula is C22H27N5O2. The Morgan fingerprint density at radius 1 is 1.21 bits per heavy atom. The zero-order valence-corrected chi connectivity index (χ0v) is 17.2. The molecule has 1 saturated heterocycles. The number of hydrogen-bond donors (Lipinski definition) is 0. The van der Waals surface area contributed by atoms with Gasteiger partial charge in [-0.1, -0.05) is 19.1 Å². The van der Waals surface area contributed by atoms with Crippen LogP contribution in [0.4, 0.5) is 17.2 Å². The summed E-state index contributed by atoms with van der Waals surface area (Å²) in [7, 11) is 3.72. The molecule has 2 aliphatic rings. The van der Waals surface area contributed by atoms with E-state index in [1.54, 1.807) is 35.2 Å². The third-order valence-electron chi connectivity index (χ3n) is 5.90. The second-order valence-electron chi connectivity index (χ2n) is 7.62. The van der Waals surface area contributed by atoms with Crippen LogP contribution in [0.15, 0.2) is 42.6 Å². The summed E-state index contributed by atoms with van der Waals surface area (Å²) in [4.78, 5) is 38.7. The molecule has 2 aliphatic heterocycles. The number of carbonyl (C=O) groups excluding carboxylic acids is 2. The van der Waals surface area contributed by atoms with Crippen LogP contribution in [-0.4, -0.2) is 66.5 Å². The number of pyridine rings is 1. The summed E-state index contributed by atoms with van der Waals surface area (Å²) in [6.45, 7) is 4.44. The second kappa shape index (κ2) is 7.93. The Morgan fingerprint density at radius 3 is 2.76 bits per heavy atom. The van der Waals surface area contributed by atoms with Gasteiger partial charge in [0.2, 0.25) is 5.91 Å². The lowest BCUT2D eigenvalue weighted by Crippen LogP contribution is -2.47. The Bertz CT molecular complexity index is 931. The number of aromatic nitrogens is 1. The van der Waals surface area contributed by atoms with Crippen molar-refractivity contribution in [3.05, 3.63) is 48.2 Å². The Labute approximate surface area is 171 Å². The number of anilines is 3. The van der Waals surface area contributed by atoms with Crippen molar-refractivity contribution in [3.8, 4) is 0 Å². The quantitative estimate of drug-likeness (QED) is 0.799. The van der Waals surface area contributed by atoms with E-state index >= 15 is 0 Å². The monoisotopic (exact) mass is 393 g/mol. The van der Waals surface area contributed by atoms with Gasteiger partial charge in [-0.05, 0) is 57.2 Å². The Kier molecular flexibility index (Phi) is 5.34. The molecule has 2 amide bonds. The average molecular weight is 393 g/mol. The van der Waals surface area contributed by atoms with Crippen molar-refractivity contribution in [2.45, 2.75) is 25.9 Å². The number of likely N-dealkylation sites (N-methyl/N-ethyl adjacent to an activating group) is 1. The van der Waals surface area contributed by atoms with Crippen molar-refractivity contribution in [3.63, 3.8) is 0 Å². The van der Waals surface area contributed by atoms with Gasteiger partial charge in [0.05, 0.1) is 29.6 Å². The van der Waals surface area contributed by atoms with Crippen LogP contribution in [0, 0.1) is 0 Å². The first kappa shape index (κ1) is 19.5. The summed E-state index contributed by atoms with van der Waals surface area (Å²) in [5.41, 5.74) is 1.71. The van der Waals surface area contributed by atoms with E-state index in [9.17, 15) is 9.59 Å². The van der Waals surface area contributed by atoms with Crippen molar-refractivity contribution in [2.75, 3.05) is 43.5 Å². The van der Waals surface area contributed by atoms with Crippen LogP contribution in [0.1, 0.15) is 30.1 Å². The van der Waals surface area contributed by atoms with Gasteiger partial charge in [0.25, 0.3) is 5.91 Å². The van der Waals surface area contributed by atoms with E-state index in [0.717, 1.165) is 25.9 Å². The molecule has 1 aromatic heterocycles. The average Bonchev–Trinajstić information content (AvgIpc) is 3.19. The minimum absolute atomic E-state index is 0.0917.